The largest absolute Gasteiger partial charge is 0.404 e. The molecule has 0 unspecified atom stereocenters. The summed E-state index contributed by atoms with van der Waals surface area (Å²) in [6, 6.07) is 3.94. The molecule has 8 nitrogen and oxygen atoms in total. The lowest BCUT2D eigenvalue weighted by Gasteiger charge is -2.33. The van der Waals surface area contributed by atoms with E-state index in [1.54, 1.807) is 23.9 Å². The quantitative estimate of drug-likeness (QED) is 0.489. The zero-order valence-electron chi connectivity index (χ0n) is 21.0. The van der Waals surface area contributed by atoms with Crippen LogP contribution >= 0.6 is 0 Å². The van der Waals surface area contributed by atoms with Gasteiger partial charge in [-0.1, -0.05) is 13.0 Å². The van der Waals surface area contributed by atoms with E-state index in [-0.39, 0.29) is 11.6 Å². The molecule has 0 spiro atoms. The van der Waals surface area contributed by atoms with Gasteiger partial charge in [0, 0.05) is 79.5 Å². The lowest BCUT2D eigenvalue weighted by Crippen LogP contribution is -2.31. The zero-order valence-corrected chi connectivity index (χ0v) is 21.0. The van der Waals surface area contributed by atoms with Gasteiger partial charge < -0.3 is 15.4 Å². The molecule has 0 atom stereocenters. The molecule has 2 aliphatic rings. The van der Waals surface area contributed by atoms with Crippen molar-refractivity contribution in [3.8, 4) is 0 Å². The maximum Gasteiger partial charge on any atom is 0.253 e. The molecular formula is C27H34N6O2. The monoisotopic (exact) mass is 474 g/mol. The summed E-state index contributed by atoms with van der Waals surface area (Å²) in [5, 5.41) is 0. The number of hydrogen-bond acceptors (Lipinski definition) is 7. The number of allylic oxidation sites excluding steroid dienone is 3. The molecule has 2 aliphatic heterocycles. The summed E-state index contributed by atoms with van der Waals surface area (Å²) in [6.45, 7) is 9.01. The summed E-state index contributed by atoms with van der Waals surface area (Å²) in [5.74, 6) is 0.657. The van der Waals surface area contributed by atoms with Crippen LogP contribution in [0.25, 0.3) is 11.6 Å². The first kappa shape index (κ1) is 24.6. The van der Waals surface area contributed by atoms with Crippen molar-refractivity contribution in [1.29, 1.82) is 0 Å². The number of rotatable bonds is 7. The molecule has 0 saturated carbocycles. The molecule has 1 saturated heterocycles. The van der Waals surface area contributed by atoms with Gasteiger partial charge >= 0.3 is 0 Å². The number of aliphatic imine (C=N–C) groups is 1. The Bertz CT molecular complexity index is 1270. The summed E-state index contributed by atoms with van der Waals surface area (Å²) in [5.41, 5.74) is 12.9. The van der Waals surface area contributed by atoms with Crippen molar-refractivity contribution < 1.29 is 4.74 Å². The molecule has 2 N–H and O–H groups in total. The Kier molecular flexibility index (Phi) is 7.60. The van der Waals surface area contributed by atoms with Crippen LogP contribution in [0, 0.1) is 6.92 Å². The van der Waals surface area contributed by atoms with E-state index in [1.807, 2.05) is 25.4 Å². The highest BCUT2D eigenvalue weighted by Crippen LogP contribution is 2.27. The van der Waals surface area contributed by atoms with Gasteiger partial charge in [-0.25, -0.2) is 4.98 Å². The second-order valence-corrected chi connectivity index (χ2v) is 9.07. The minimum absolute atomic E-state index is 0.0554. The molecule has 2 aromatic rings. The first-order chi connectivity index (χ1) is 16.9. The molecule has 35 heavy (non-hydrogen) atoms. The van der Waals surface area contributed by atoms with E-state index >= 15 is 0 Å². The predicted octanol–water partition coefficient (Wildman–Crippen LogP) is 3.01. The highest BCUT2D eigenvalue weighted by Gasteiger charge is 2.21. The molecule has 4 rings (SSSR count). The van der Waals surface area contributed by atoms with Crippen LogP contribution in [0.2, 0.25) is 0 Å². The number of hydrogen-bond donors (Lipinski definition) is 1. The summed E-state index contributed by atoms with van der Waals surface area (Å²) in [6.07, 6.45) is 11.3. The van der Waals surface area contributed by atoms with E-state index in [9.17, 15) is 4.79 Å². The van der Waals surface area contributed by atoms with Gasteiger partial charge in [0.15, 0.2) is 0 Å². The van der Waals surface area contributed by atoms with Crippen molar-refractivity contribution in [2.75, 3.05) is 19.8 Å². The lowest BCUT2D eigenvalue weighted by atomic mass is 9.99. The fraction of sp³-hybridized carbons (Fsp3) is 0.407. The summed E-state index contributed by atoms with van der Waals surface area (Å²) < 4.78 is 6.78. The molecule has 0 aromatic carbocycles. The van der Waals surface area contributed by atoms with Gasteiger partial charge in [0.25, 0.3) is 5.56 Å². The maximum absolute atomic E-state index is 12.2. The smallest absolute Gasteiger partial charge is 0.253 e. The molecule has 0 aliphatic carbocycles. The van der Waals surface area contributed by atoms with Crippen molar-refractivity contribution in [1.82, 2.24) is 19.4 Å². The third kappa shape index (κ3) is 5.59. The number of pyridine rings is 1. The zero-order chi connectivity index (χ0) is 24.9. The highest BCUT2D eigenvalue weighted by molar-refractivity contribution is 6.09. The average Bonchev–Trinajstić information content (AvgIpc) is 2.81. The number of nitrogens with two attached hydrogens (primary N) is 1. The van der Waals surface area contributed by atoms with Gasteiger partial charge in [0.05, 0.1) is 19.3 Å². The topological polar surface area (TPSA) is 98.6 Å². The Hall–Kier alpha value is -3.52. The second-order valence-electron chi connectivity index (χ2n) is 9.07. The van der Waals surface area contributed by atoms with Crippen molar-refractivity contribution >= 4 is 17.9 Å². The van der Waals surface area contributed by atoms with E-state index in [2.05, 4.69) is 40.9 Å². The molecular weight excluding hydrogens is 440 g/mol. The summed E-state index contributed by atoms with van der Waals surface area (Å²) in [4.78, 5) is 28.5. The van der Waals surface area contributed by atoms with Gasteiger partial charge in [-0.15, -0.1) is 0 Å². The van der Waals surface area contributed by atoms with Crippen LogP contribution in [-0.2, 0) is 24.8 Å². The minimum atomic E-state index is -0.0554. The lowest BCUT2D eigenvalue weighted by molar-refractivity contribution is 0.0136. The maximum atomic E-state index is 12.2. The minimum Gasteiger partial charge on any atom is -0.404 e. The van der Waals surface area contributed by atoms with Gasteiger partial charge in [0.1, 0.15) is 5.82 Å². The van der Waals surface area contributed by atoms with Crippen LogP contribution in [0.15, 0.2) is 51.7 Å². The molecule has 2 aromatic heterocycles. The van der Waals surface area contributed by atoms with Crippen LogP contribution in [0.4, 0.5) is 0 Å². The molecule has 0 amide bonds. The number of aryl methyl sites for hydroxylation is 1. The van der Waals surface area contributed by atoms with E-state index in [4.69, 9.17) is 15.5 Å². The number of aromatic nitrogens is 3. The van der Waals surface area contributed by atoms with Gasteiger partial charge in [-0.05, 0) is 43.5 Å². The van der Waals surface area contributed by atoms with E-state index in [0.29, 0.717) is 19.0 Å². The van der Waals surface area contributed by atoms with Crippen LogP contribution in [0.1, 0.15) is 48.6 Å². The molecule has 4 heterocycles. The number of nitrogens with zero attached hydrogens (tertiary/aromatic N) is 5. The van der Waals surface area contributed by atoms with Gasteiger partial charge in [0.2, 0.25) is 0 Å². The first-order valence-corrected chi connectivity index (χ1v) is 12.1. The van der Waals surface area contributed by atoms with Crippen molar-refractivity contribution in [3.63, 3.8) is 0 Å². The molecule has 0 bridgehead atoms. The van der Waals surface area contributed by atoms with Crippen molar-refractivity contribution in [2.24, 2.45) is 17.8 Å². The molecule has 184 valence electrons. The molecule has 8 heteroatoms. The first-order valence-electron chi connectivity index (χ1n) is 12.1. The van der Waals surface area contributed by atoms with Crippen LogP contribution in [0.3, 0.4) is 0 Å². The Balaban J connectivity index is 1.59. The van der Waals surface area contributed by atoms with Gasteiger partial charge in [-0.3, -0.25) is 19.3 Å². The Morgan fingerprint density at radius 1 is 1.34 bits per heavy atom. The second kappa shape index (κ2) is 10.8. The molecule has 1 fully saturated rings. The Morgan fingerprint density at radius 2 is 2.14 bits per heavy atom. The van der Waals surface area contributed by atoms with E-state index in [1.165, 1.54) is 5.56 Å². The normalized spacial score (nSPS) is 17.6. The van der Waals surface area contributed by atoms with E-state index < -0.39 is 0 Å². The number of ether oxygens (including phenoxy) is 1. The SMILES string of the molecule is CC/C=C(/C(C)=C\c1nc(C)cc(=O)n1C)N1CCc2ncc(/C(C=NC3COC3)=C/N)cc2C1. The average molecular weight is 475 g/mol. The number of fused-ring (bicyclic) bond motifs is 1. The Labute approximate surface area is 206 Å². The van der Waals surface area contributed by atoms with Crippen LogP contribution < -0.4 is 11.3 Å². The summed E-state index contributed by atoms with van der Waals surface area (Å²) in [7, 11) is 1.76. The van der Waals surface area contributed by atoms with Crippen molar-refractivity contribution in [2.45, 2.75) is 46.2 Å². The van der Waals surface area contributed by atoms with Crippen LogP contribution in [0.5, 0.6) is 0 Å². The van der Waals surface area contributed by atoms with E-state index in [0.717, 1.165) is 59.7 Å². The standard InChI is InChI=1S/C27H34N6O2/c1-5-6-25(18(2)9-26-31-19(3)10-27(34)32(26)4)33-8-7-24-21(15-33)11-20(13-30-24)22(12-28)14-29-23-16-35-17-23/h6,9-14,23H,5,7-8,15-17,28H2,1-4H3/b18-9-,22-12+,25-6-,29-14?. The van der Waals surface area contributed by atoms with Gasteiger partial charge in [-0.2, -0.15) is 0 Å². The summed E-state index contributed by atoms with van der Waals surface area (Å²) >= 11 is 0. The fourth-order valence-corrected chi connectivity index (χ4v) is 4.30. The third-order valence-electron chi connectivity index (χ3n) is 6.38. The van der Waals surface area contributed by atoms with Crippen LogP contribution in [-0.4, -0.2) is 51.4 Å². The molecule has 0 radical (unpaired) electrons. The highest BCUT2D eigenvalue weighted by atomic mass is 16.5. The predicted molar refractivity (Wildman–Crippen MR) is 140 cm³/mol. The Morgan fingerprint density at radius 3 is 2.83 bits per heavy atom. The third-order valence-corrected chi connectivity index (χ3v) is 6.38. The van der Waals surface area contributed by atoms with Crippen molar-refractivity contribution in [3.05, 3.63) is 80.6 Å². The fourth-order valence-electron chi connectivity index (χ4n) is 4.30.